The summed E-state index contributed by atoms with van der Waals surface area (Å²) >= 11 is 5.92. The molecule has 3 nitrogen and oxygen atoms in total. The van der Waals surface area contributed by atoms with Crippen LogP contribution in [0.4, 0.5) is 0 Å². The Morgan fingerprint density at radius 3 is 3.00 bits per heavy atom. The van der Waals surface area contributed by atoms with Gasteiger partial charge in [-0.1, -0.05) is 17.7 Å². The van der Waals surface area contributed by atoms with Gasteiger partial charge in [0.15, 0.2) is 0 Å². The second-order valence-electron chi connectivity index (χ2n) is 3.31. The third-order valence-electron chi connectivity index (χ3n) is 1.94. The SMILES string of the molecule is Cc1ccc(Cl)c(OCCC(N)C#N)c1. The number of benzene rings is 1. The minimum atomic E-state index is -0.478. The van der Waals surface area contributed by atoms with E-state index in [0.717, 1.165) is 5.56 Å². The van der Waals surface area contributed by atoms with E-state index in [-0.39, 0.29) is 0 Å². The Labute approximate surface area is 94.4 Å². The van der Waals surface area contributed by atoms with E-state index in [1.54, 1.807) is 6.07 Å². The molecule has 0 bridgehead atoms. The lowest BCUT2D eigenvalue weighted by Gasteiger charge is -2.09. The zero-order valence-electron chi connectivity index (χ0n) is 8.53. The Bertz CT molecular complexity index is 373. The van der Waals surface area contributed by atoms with Crippen molar-refractivity contribution in [2.75, 3.05) is 6.61 Å². The number of rotatable bonds is 4. The maximum Gasteiger partial charge on any atom is 0.138 e. The van der Waals surface area contributed by atoms with Gasteiger partial charge in [0.05, 0.1) is 23.7 Å². The summed E-state index contributed by atoms with van der Waals surface area (Å²) in [6.07, 6.45) is 0.501. The topological polar surface area (TPSA) is 59.0 Å². The number of nitrogens with zero attached hydrogens (tertiary/aromatic N) is 1. The van der Waals surface area contributed by atoms with E-state index >= 15 is 0 Å². The van der Waals surface area contributed by atoms with E-state index in [0.29, 0.717) is 23.8 Å². The standard InChI is InChI=1S/C11H13ClN2O/c1-8-2-3-10(12)11(6-8)15-5-4-9(14)7-13/h2-3,6,9H,4-5,14H2,1H3. The molecule has 0 saturated heterocycles. The van der Waals surface area contributed by atoms with E-state index in [9.17, 15) is 0 Å². The lowest BCUT2D eigenvalue weighted by Crippen LogP contribution is -2.20. The molecule has 4 heteroatoms. The Morgan fingerprint density at radius 2 is 2.33 bits per heavy atom. The van der Waals surface area contributed by atoms with Crippen molar-refractivity contribution in [3.8, 4) is 11.8 Å². The van der Waals surface area contributed by atoms with Crippen molar-refractivity contribution in [3.05, 3.63) is 28.8 Å². The Hall–Kier alpha value is -1.24. The van der Waals surface area contributed by atoms with Crippen LogP contribution in [0, 0.1) is 18.3 Å². The number of ether oxygens (including phenoxy) is 1. The van der Waals surface area contributed by atoms with E-state index in [1.165, 1.54) is 0 Å². The van der Waals surface area contributed by atoms with Gasteiger partial charge in [0, 0.05) is 6.42 Å². The monoisotopic (exact) mass is 224 g/mol. The van der Waals surface area contributed by atoms with Gasteiger partial charge in [0.2, 0.25) is 0 Å². The molecule has 1 rings (SSSR count). The highest BCUT2D eigenvalue weighted by atomic mass is 35.5. The van der Waals surface area contributed by atoms with Crippen LogP contribution in [-0.2, 0) is 0 Å². The van der Waals surface area contributed by atoms with Crippen molar-refractivity contribution < 1.29 is 4.74 Å². The van der Waals surface area contributed by atoms with Crippen molar-refractivity contribution in [1.82, 2.24) is 0 Å². The Balaban J connectivity index is 2.51. The summed E-state index contributed by atoms with van der Waals surface area (Å²) < 4.78 is 5.43. The van der Waals surface area contributed by atoms with Crippen molar-refractivity contribution in [2.45, 2.75) is 19.4 Å². The van der Waals surface area contributed by atoms with Crippen LogP contribution in [0.2, 0.25) is 5.02 Å². The van der Waals surface area contributed by atoms with Gasteiger partial charge in [-0.25, -0.2) is 0 Å². The predicted octanol–water partition coefficient (Wildman–Crippen LogP) is 2.27. The molecule has 0 aliphatic heterocycles. The Morgan fingerprint density at radius 1 is 1.60 bits per heavy atom. The highest BCUT2D eigenvalue weighted by Crippen LogP contribution is 2.25. The first-order chi connectivity index (χ1) is 7.13. The molecule has 0 aliphatic carbocycles. The summed E-state index contributed by atoms with van der Waals surface area (Å²) in [7, 11) is 0. The lowest BCUT2D eigenvalue weighted by molar-refractivity contribution is 0.306. The van der Waals surface area contributed by atoms with Gasteiger partial charge >= 0.3 is 0 Å². The van der Waals surface area contributed by atoms with Crippen molar-refractivity contribution in [3.63, 3.8) is 0 Å². The van der Waals surface area contributed by atoms with Crippen LogP contribution in [0.5, 0.6) is 5.75 Å². The van der Waals surface area contributed by atoms with E-state index < -0.39 is 6.04 Å². The second-order valence-corrected chi connectivity index (χ2v) is 3.71. The zero-order chi connectivity index (χ0) is 11.3. The molecule has 0 fully saturated rings. The normalized spacial score (nSPS) is 11.9. The molecule has 15 heavy (non-hydrogen) atoms. The molecule has 0 radical (unpaired) electrons. The van der Waals surface area contributed by atoms with Gasteiger partial charge in [0.1, 0.15) is 5.75 Å². The number of halogens is 1. The molecule has 0 saturated carbocycles. The van der Waals surface area contributed by atoms with E-state index in [2.05, 4.69) is 0 Å². The molecule has 1 aromatic carbocycles. The van der Waals surface area contributed by atoms with Crippen LogP contribution in [0.15, 0.2) is 18.2 Å². The number of aryl methyl sites for hydroxylation is 1. The van der Waals surface area contributed by atoms with Gasteiger partial charge in [-0.15, -0.1) is 0 Å². The highest BCUT2D eigenvalue weighted by Gasteiger charge is 2.03. The average Bonchev–Trinajstić information content (AvgIpc) is 2.23. The number of hydrogen-bond acceptors (Lipinski definition) is 3. The molecule has 2 N–H and O–H groups in total. The zero-order valence-corrected chi connectivity index (χ0v) is 9.29. The van der Waals surface area contributed by atoms with Crippen molar-refractivity contribution in [1.29, 1.82) is 5.26 Å². The van der Waals surface area contributed by atoms with Gasteiger partial charge in [-0.3, -0.25) is 0 Å². The molecule has 80 valence electrons. The smallest absolute Gasteiger partial charge is 0.138 e. The maximum absolute atomic E-state index is 8.47. The van der Waals surface area contributed by atoms with Crippen LogP contribution in [0.3, 0.4) is 0 Å². The quantitative estimate of drug-likeness (QED) is 0.854. The molecule has 0 spiro atoms. The first kappa shape index (κ1) is 11.8. The summed E-state index contributed by atoms with van der Waals surface area (Å²) in [5.41, 5.74) is 6.51. The molecule has 1 aromatic rings. The average molecular weight is 225 g/mol. The molecule has 0 heterocycles. The van der Waals surface area contributed by atoms with Crippen LogP contribution in [0.1, 0.15) is 12.0 Å². The molecular formula is C11H13ClN2O. The van der Waals surface area contributed by atoms with Gasteiger partial charge in [-0.05, 0) is 24.6 Å². The summed E-state index contributed by atoms with van der Waals surface area (Å²) in [5.74, 6) is 0.641. The highest BCUT2D eigenvalue weighted by molar-refractivity contribution is 6.32. The molecule has 0 aromatic heterocycles. The first-order valence-electron chi connectivity index (χ1n) is 4.67. The Kier molecular flexibility index (Phi) is 4.41. The third kappa shape index (κ3) is 3.78. The predicted molar refractivity (Wildman–Crippen MR) is 59.9 cm³/mol. The van der Waals surface area contributed by atoms with Crippen molar-refractivity contribution in [2.24, 2.45) is 5.73 Å². The summed E-state index contributed by atoms with van der Waals surface area (Å²) in [6.45, 7) is 2.36. The number of hydrogen-bond donors (Lipinski definition) is 1. The summed E-state index contributed by atoms with van der Waals surface area (Å²) in [5, 5.41) is 9.05. The van der Waals surface area contributed by atoms with E-state index in [4.69, 9.17) is 27.3 Å². The molecule has 0 aliphatic rings. The number of nitrogens with two attached hydrogens (primary N) is 1. The molecule has 1 atom stereocenters. The minimum Gasteiger partial charge on any atom is -0.492 e. The first-order valence-corrected chi connectivity index (χ1v) is 5.05. The number of nitriles is 1. The van der Waals surface area contributed by atoms with Crippen LogP contribution in [-0.4, -0.2) is 12.6 Å². The van der Waals surface area contributed by atoms with Crippen molar-refractivity contribution >= 4 is 11.6 Å². The van der Waals surface area contributed by atoms with Gasteiger partial charge in [0.25, 0.3) is 0 Å². The fourth-order valence-corrected chi connectivity index (χ4v) is 1.25. The minimum absolute atomic E-state index is 0.401. The fraction of sp³-hybridized carbons (Fsp3) is 0.364. The lowest BCUT2D eigenvalue weighted by atomic mass is 10.2. The third-order valence-corrected chi connectivity index (χ3v) is 2.25. The summed E-state index contributed by atoms with van der Waals surface area (Å²) in [6, 6.07) is 7.03. The van der Waals surface area contributed by atoms with Crippen LogP contribution in [0.25, 0.3) is 0 Å². The van der Waals surface area contributed by atoms with E-state index in [1.807, 2.05) is 25.1 Å². The second kappa shape index (κ2) is 5.59. The van der Waals surface area contributed by atoms with Gasteiger partial charge < -0.3 is 10.5 Å². The molecule has 1 unspecified atom stereocenters. The largest absolute Gasteiger partial charge is 0.492 e. The summed E-state index contributed by atoms with van der Waals surface area (Å²) in [4.78, 5) is 0. The fourth-order valence-electron chi connectivity index (χ4n) is 1.08. The molecule has 0 amide bonds. The van der Waals surface area contributed by atoms with Crippen LogP contribution < -0.4 is 10.5 Å². The molecular weight excluding hydrogens is 212 g/mol. The van der Waals surface area contributed by atoms with Gasteiger partial charge in [-0.2, -0.15) is 5.26 Å². The maximum atomic E-state index is 8.47. The van der Waals surface area contributed by atoms with Crippen LogP contribution >= 0.6 is 11.6 Å².